The first kappa shape index (κ1) is 18.9. The van der Waals surface area contributed by atoms with Gasteiger partial charge in [0.1, 0.15) is 0 Å². The SMILES string of the molecule is CC(c1ccccc1)[Si](Cl)(C(C)c1ccccc1)C(C)c1ccccc1. The van der Waals surface area contributed by atoms with E-state index in [0.29, 0.717) is 16.6 Å². The van der Waals surface area contributed by atoms with Crippen molar-refractivity contribution >= 4 is 18.5 Å². The van der Waals surface area contributed by atoms with E-state index in [0.717, 1.165) is 0 Å². The van der Waals surface area contributed by atoms with Crippen molar-refractivity contribution in [2.75, 3.05) is 0 Å². The normalized spacial score (nSPS) is 17.1. The second-order valence-electron chi connectivity index (χ2n) is 7.22. The van der Waals surface area contributed by atoms with E-state index in [1.165, 1.54) is 16.7 Å². The average Bonchev–Trinajstić information content (AvgIpc) is 2.73. The lowest BCUT2D eigenvalue weighted by atomic mass is 10.1. The van der Waals surface area contributed by atoms with Crippen LogP contribution in [0.1, 0.15) is 54.1 Å². The molecule has 3 aromatic carbocycles. The number of halogens is 1. The van der Waals surface area contributed by atoms with Crippen LogP contribution in [0.5, 0.6) is 0 Å². The number of hydrogen-bond donors (Lipinski definition) is 0. The molecule has 0 aliphatic rings. The van der Waals surface area contributed by atoms with Crippen LogP contribution in [0, 0.1) is 0 Å². The molecule has 2 heteroatoms. The Labute approximate surface area is 163 Å². The molecule has 3 aromatic rings. The summed E-state index contributed by atoms with van der Waals surface area (Å²) in [5.41, 5.74) is 5.07. The molecular formula is C24H27ClSi. The molecule has 134 valence electrons. The van der Waals surface area contributed by atoms with E-state index in [2.05, 4.69) is 112 Å². The van der Waals surface area contributed by atoms with Crippen molar-refractivity contribution in [3.05, 3.63) is 108 Å². The third-order valence-electron chi connectivity index (χ3n) is 5.89. The molecule has 0 aliphatic carbocycles. The fraction of sp³-hybridized carbons (Fsp3) is 0.250. The van der Waals surface area contributed by atoms with Crippen LogP contribution < -0.4 is 0 Å². The summed E-state index contributed by atoms with van der Waals surface area (Å²) in [6, 6.07) is 32.3. The summed E-state index contributed by atoms with van der Waals surface area (Å²) in [5.74, 6) is 0. The first-order valence-electron chi connectivity index (χ1n) is 9.39. The van der Waals surface area contributed by atoms with Crippen molar-refractivity contribution in [1.82, 2.24) is 0 Å². The molecule has 3 atom stereocenters. The maximum atomic E-state index is 7.73. The Morgan fingerprint density at radius 2 is 0.731 bits per heavy atom. The molecule has 0 amide bonds. The number of benzene rings is 3. The van der Waals surface area contributed by atoms with E-state index in [-0.39, 0.29) is 0 Å². The zero-order valence-electron chi connectivity index (χ0n) is 15.8. The smallest absolute Gasteiger partial charge is 0.165 e. The molecular weight excluding hydrogens is 352 g/mol. The molecule has 0 saturated carbocycles. The lowest BCUT2D eigenvalue weighted by Gasteiger charge is -2.42. The Balaban J connectivity index is 2.09. The monoisotopic (exact) mass is 378 g/mol. The van der Waals surface area contributed by atoms with Gasteiger partial charge in [0.15, 0.2) is 7.38 Å². The number of rotatable bonds is 6. The summed E-state index contributed by atoms with van der Waals surface area (Å²) >= 11 is 7.73. The maximum Gasteiger partial charge on any atom is 0.177 e. The van der Waals surface area contributed by atoms with Gasteiger partial charge in [-0.05, 0) is 33.3 Å². The third kappa shape index (κ3) is 3.65. The topological polar surface area (TPSA) is 0 Å². The minimum Gasteiger partial charge on any atom is -0.165 e. The highest BCUT2D eigenvalue weighted by Crippen LogP contribution is 2.48. The van der Waals surface area contributed by atoms with Crippen LogP contribution in [0.2, 0.25) is 0 Å². The molecule has 0 aliphatic heterocycles. The minimum atomic E-state index is -2.31. The van der Waals surface area contributed by atoms with E-state index in [1.54, 1.807) is 0 Å². The van der Waals surface area contributed by atoms with E-state index in [4.69, 9.17) is 11.1 Å². The molecule has 0 heterocycles. The predicted octanol–water partition coefficient (Wildman–Crippen LogP) is 7.20. The van der Waals surface area contributed by atoms with E-state index >= 15 is 0 Å². The lowest BCUT2D eigenvalue weighted by Crippen LogP contribution is -2.46. The van der Waals surface area contributed by atoms with Crippen molar-refractivity contribution in [3.8, 4) is 0 Å². The predicted molar refractivity (Wildman–Crippen MR) is 116 cm³/mol. The molecule has 26 heavy (non-hydrogen) atoms. The first-order chi connectivity index (χ1) is 12.5. The molecule has 0 N–H and O–H groups in total. The van der Waals surface area contributed by atoms with Crippen LogP contribution >= 0.6 is 11.1 Å². The molecule has 3 rings (SSSR count). The van der Waals surface area contributed by atoms with Gasteiger partial charge in [0, 0.05) is 0 Å². The maximum absolute atomic E-state index is 7.73. The highest BCUT2D eigenvalue weighted by atomic mass is 35.6. The molecule has 3 unspecified atom stereocenters. The zero-order valence-corrected chi connectivity index (χ0v) is 17.5. The van der Waals surface area contributed by atoms with Crippen molar-refractivity contribution in [3.63, 3.8) is 0 Å². The van der Waals surface area contributed by atoms with Crippen molar-refractivity contribution in [2.45, 2.75) is 37.4 Å². The Hall–Kier alpha value is -1.83. The summed E-state index contributed by atoms with van der Waals surface area (Å²) in [6.45, 7) is 6.98. The molecule has 0 aromatic heterocycles. The van der Waals surface area contributed by atoms with Gasteiger partial charge in [-0.2, -0.15) is 11.1 Å². The highest BCUT2D eigenvalue weighted by molar-refractivity contribution is 7.22. The van der Waals surface area contributed by atoms with E-state index in [1.807, 2.05) is 0 Å². The fourth-order valence-electron chi connectivity index (χ4n) is 4.12. The minimum absolute atomic E-state index is 0.343. The van der Waals surface area contributed by atoms with Gasteiger partial charge in [-0.25, -0.2) is 0 Å². The standard InChI is InChI=1S/C24H27ClSi/c1-19(22-13-7-4-8-14-22)26(25,20(2)23-15-9-5-10-16-23)21(3)24-17-11-6-12-18-24/h4-21H,1-3H3. The fourth-order valence-corrected chi connectivity index (χ4v) is 9.61. The largest absolute Gasteiger partial charge is 0.177 e. The van der Waals surface area contributed by atoms with Crippen LogP contribution in [0.3, 0.4) is 0 Å². The second-order valence-corrected chi connectivity index (χ2v) is 13.4. The Morgan fingerprint density at radius 1 is 0.500 bits per heavy atom. The van der Waals surface area contributed by atoms with Gasteiger partial charge < -0.3 is 0 Å². The summed E-state index contributed by atoms with van der Waals surface area (Å²) in [5, 5.41) is 0. The first-order valence-corrected chi connectivity index (χ1v) is 12.6. The molecule has 0 fully saturated rings. The third-order valence-corrected chi connectivity index (χ3v) is 13.8. The second kappa shape index (κ2) is 8.24. The van der Waals surface area contributed by atoms with Gasteiger partial charge >= 0.3 is 0 Å². The van der Waals surface area contributed by atoms with Gasteiger partial charge in [0.2, 0.25) is 0 Å². The van der Waals surface area contributed by atoms with Gasteiger partial charge in [-0.15, -0.1) is 0 Å². The van der Waals surface area contributed by atoms with Crippen LogP contribution in [0.15, 0.2) is 91.0 Å². The van der Waals surface area contributed by atoms with Crippen molar-refractivity contribution in [1.29, 1.82) is 0 Å². The van der Waals surface area contributed by atoms with Crippen molar-refractivity contribution in [2.24, 2.45) is 0 Å². The Bertz CT molecular complexity index is 690. The average molecular weight is 379 g/mol. The molecule has 0 saturated heterocycles. The summed E-state index contributed by atoms with van der Waals surface area (Å²) in [6.07, 6.45) is 0. The summed E-state index contributed by atoms with van der Waals surface area (Å²) < 4.78 is 0. The van der Waals surface area contributed by atoms with Gasteiger partial charge in [-0.3, -0.25) is 0 Å². The Kier molecular flexibility index (Phi) is 6.00. The van der Waals surface area contributed by atoms with Crippen molar-refractivity contribution < 1.29 is 0 Å². The quantitative estimate of drug-likeness (QED) is 0.314. The van der Waals surface area contributed by atoms with Crippen LogP contribution in [-0.4, -0.2) is 7.38 Å². The van der Waals surface area contributed by atoms with Gasteiger partial charge in [-0.1, -0.05) is 112 Å². The Morgan fingerprint density at radius 3 is 0.962 bits per heavy atom. The van der Waals surface area contributed by atoms with E-state index in [9.17, 15) is 0 Å². The molecule has 0 bridgehead atoms. The molecule has 0 radical (unpaired) electrons. The lowest BCUT2D eigenvalue weighted by molar-refractivity contribution is 0.851. The summed E-state index contributed by atoms with van der Waals surface area (Å²) in [4.78, 5) is 0. The van der Waals surface area contributed by atoms with Crippen LogP contribution in [-0.2, 0) is 0 Å². The van der Waals surface area contributed by atoms with Crippen LogP contribution in [0.25, 0.3) is 0 Å². The van der Waals surface area contributed by atoms with Gasteiger partial charge in [0.25, 0.3) is 0 Å². The summed E-state index contributed by atoms with van der Waals surface area (Å²) in [7, 11) is -2.31. The van der Waals surface area contributed by atoms with Crippen LogP contribution in [0.4, 0.5) is 0 Å². The highest BCUT2D eigenvalue weighted by Gasteiger charge is 2.48. The van der Waals surface area contributed by atoms with Gasteiger partial charge in [0.05, 0.1) is 0 Å². The van der Waals surface area contributed by atoms with E-state index < -0.39 is 7.38 Å². The molecule has 0 nitrogen and oxygen atoms in total. The number of hydrogen-bond acceptors (Lipinski definition) is 0. The zero-order chi connectivity index (χ0) is 18.6. The molecule has 0 spiro atoms.